The summed E-state index contributed by atoms with van der Waals surface area (Å²) in [5.74, 6) is -1.11. The summed E-state index contributed by atoms with van der Waals surface area (Å²) in [5.41, 5.74) is 5.94. The molecule has 1 heterocycles. The minimum Gasteiger partial charge on any atom is -0.469 e. The summed E-state index contributed by atoms with van der Waals surface area (Å²) < 4.78 is 10.7. The van der Waals surface area contributed by atoms with Crippen molar-refractivity contribution < 1.29 is 28.7 Å². The Morgan fingerprint density at radius 2 is 1.51 bits per heavy atom. The lowest BCUT2D eigenvalue weighted by Gasteiger charge is -2.34. The lowest BCUT2D eigenvalue weighted by atomic mass is 9.96. The second-order valence-corrected chi connectivity index (χ2v) is 15.7. The molecule has 4 atom stereocenters. The Labute approximate surface area is 329 Å². The maximum atomic E-state index is 13.9. The zero-order valence-electron chi connectivity index (χ0n) is 32.7. The predicted octanol–water partition coefficient (Wildman–Crippen LogP) is 7.81. The molecule has 0 radical (unpaired) electrons. The van der Waals surface area contributed by atoms with E-state index in [1.807, 2.05) is 61.5 Å². The number of alkyl carbamates (subject to hydrolysis) is 1. The number of hydrogen-bond acceptors (Lipinski definition) is 8. The third-order valence-electron chi connectivity index (χ3n) is 10.5. The summed E-state index contributed by atoms with van der Waals surface area (Å²) in [6, 6.07) is 25.0. The lowest BCUT2D eigenvalue weighted by Crippen LogP contribution is -2.51. The molecule has 3 aromatic carbocycles. The predicted molar refractivity (Wildman–Crippen MR) is 216 cm³/mol. The average Bonchev–Trinajstić information content (AvgIpc) is 3.79. The number of fused-ring (bicyclic) bond motifs is 3. The summed E-state index contributed by atoms with van der Waals surface area (Å²) in [7, 11) is 3.16. The van der Waals surface area contributed by atoms with E-state index in [1.165, 1.54) is 18.4 Å². The molecule has 4 aromatic rings. The molecule has 0 spiro atoms. The molecule has 0 unspecified atom stereocenters. The van der Waals surface area contributed by atoms with Crippen molar-refractivity contribution in [2.24, 2.45) is 11.8 Å². The Morgan fingerprint density at radius 3 is 2.13 bits per heavy atom. The Kier molecular flexibility index (Phi) is 14.6. The molecule has 55 heavy (non-hydrogen) atoms. The Morgan fingerprint density at radius 1 is 0.873 bits per heavy atom. The van der Waals surface area contributed by atoms with Crippen LogP contribution in [0.3, 0.4) is 0 Å². The number of nitrogens with zero attached hydrogens (tertiary/aromatic N) is 2. The first kappa shape index (κ1) is 41.1. The van der Waals surface area contributed by atoms with Crippen LogP contribution in [-0.4, -0.2) is 72.7 Å². The summed E-state index contributed by atoms with van der Waals surface area (Å²) in [6.07, 6.45) is 2.77. The highest BCUT2D eigenvalue weighted by atomic mass is 32.1. The first-order valence-electron chi connectivity index (χ1n) is 19.3. The first-order chi connectivity index (χ1) is 26.5. The van der Waals surface area contributed by atoms with Gasteiger partial charge in [-0.25, -0.2) is 9.78 Å². The number of carbonyl (C=O) groups excluding carboxylic acids is 4. The molecule has 0 fully saturated rings. The number of amides is 3. The standard InChI is InChI=1S/C44H54N4O6S/c1-7-15-37(47-44(52)54-26-36-34-20-13-11-18-32(34)33-19-12-14-21-35(33)36)42(50)48(5)39(28(2)3)22-23-40-46-38(27-55-40)41(49)45-31(24-29(4)43(51)53-6)25-30-16-9-8-10-17-30/h8-14,16-21,27-29,31,36-37,39H,7,15,22-26H2,1-6H3,(H,45,49)(H,47,52)/t29-,31+,37-,39+/m0/s1. The fourth-order valence-corrected chi connectivity index (χ4v) is 8.38. The fourth-order valence-electron chi connectivity index (χ4n) is 7.59. The number of thiazole rings is 1. The minimum atomic E-state index is -0.729. The van der Waals surface area contributed by atoms with E-state index in [9.17, 15) is 19.2 Å². The normalized spacial score (nSPS) is 14.2. The number of benzene rings is 3. The van der Waals surface area contributed by atoms with Crippen LogP contribution >= 0.6 is 11.3 Å². The number of rotatable bonds is 18. The monoisotopic (exact) mass is 766 g/mol. The molecule has 0 saturated heterocycles. The third-order valence-corrected chi connectivity index (χ3v) is 11.4. The lowest BCUT2D eigenvalue weighted by molar-refractivity contribution is -0.145. The summed E-state index contributed by atoms with van der Waals surface area (Å²) in [4.78, 5) is 59.1. The van der Waals surface area contributed by atoms with Crippen molar-refractivity contribution in [2.45, 2.75) is 90.3 Å². The third kappa shape index (κ3) is 10.6. The van der Waals surface area contributed by atoms with Gasteiger partial charge in [-0.1, -0.05) is 113 Å². The van der Waals surface area contributed by atoms with Crippen molar-refractivity contribution in [3.63, 3.8) is 0 Å². The van der Waals surface area contributed by atoms with Gasteiger partial charge in [-0.3, -0.25) is 14.4 Å². The first-order valence-corrected chi connectivity index (χ1v) is 20.1. The van der Waals surface area contributed by atoms with Crippen LogP contribution in [-0.2, 0) is 31.9 Å². The van der Waals surface area contributed by atoms with Crippen LogP contribution < -0.4 is 10.6 Å². The van der Waals surface area contributed by atoms with E-state index in [0.29, 0.717) is 44.2 Å². The van der Waals surface area contributed by atoms with Crippen molar-refractivity contribution in [1.29, 1.82) is 0 Å². The highest BCUT2D eigenvalue weighted by Crippen LogP contribution is 2.44. The van der Waals surface area contributed by atoms with Gasteiger partial charge < -0.3 is 25.0 Å². The van der Waals surface area contributed by atoms with Crippen molar-refractivity contribution >= 4 is 35.2 Å². The average molecular weight is 767 g/mol. The Balaban J connectivity index is 1.17. The van der Waals surface area contributed by atoms with Crippen LogP contribution in [0.2, 0.25) is 0 Å². The van der Waals surface area contributed by atoms with Gasteiger partial charge in [0, 0.05) is 36.9 Å². The van der Waals surface area contributed by atoms with E-state index in [-0.39, 0.29) is 54.2 Å². The summed E-state index contributed by atoms with van der Waals surface area (Å²) >= 11 is 1.41. The van der Waals surface area contributed by atoms with Crippen LogP contribution in [0.25, 0.3) is 11.1 Å². The molecule has 10 nitrogen and oxygen atoms in total. The number of esters is 1. The number of hydrogen-bond donors (Lipinski definition) is 2. The largest absolute Gasteiger partial charge is 0.469 e. The molecule has 0 aliphatic heterocycles. The fraction of sp³-hybridized carbons (Fsp3) is 0.432. The van der Waals surface area contributed by atoms with Crippen molar-refractivity contribution in [1.82, 2.24) is 20.5 Å². The van der Waals surface area contributed by atoms with Gasteiger partial charge in [-0.2, -0.15) is 0 Å². The van der Waals surface area contributed by atoms with Gasteiger partial charge in [0.15, 0.2) is 0 Å². The van der Waals surface area contributed by atoms with Gasteiger partial charge in [-0.05, 0) is 59.4 Å². The van der Waals surface area contributed by atoms with E-state index in [4.69, 9.17) is 9.47 Å². The van der Waals surface area contributed by atoms with Crippen LogP contribution in [0.15, 0.2) is 84.2 Å². The van der Waals surface area contributed by atoms with Crippen LogP contribution in [0.1, 0.15) is 91.5 Å². The second-order valence-electron chi connectivity index (χ2n) is 14.8. The molecule has 0 saturated carbocycles. The molecule has 1 aromatic heterocycles. The summed E-state index contributed by atoms with van der Waals surface area (Å²) in [5, 5.41) is 8.51. The topological polar surface area (TPSA) is 127 Å². The van der Waals surface area contributed by atoms with E-state index in [1.54, 1.807) is 24.3 Å². The number of nitrogens with one attached hydrogen (secondary N) is 2. The maximum Gasteiger partial charge on any atom is 0.407 e. The number of ether oxygens (including phenoxy) is 2. The molecular weight excluding hydrogens is 713 g/mol. The zero-order chi connectivity index (χ0) is 39.5. The maximum absolute atomic E-state index is 13.9. The highest BCUT2D eigenvalue weighted by Gasteiger charge is 2.32. The molecule has 292 valence electrons. The molecule has 11 heteroatoms. The number of likely N-dealkylation sites (N-methyl/N-ethyl adjacent to an activating group) is 1. The number of aromatic nitrogens is 1. The smallest absolute Gasteiger partial charge is 0.407 e. The minimum absolute atomic E-state index is 0.0742. The van der Waals surface area contributed by atoms with Gasteiger partial charge in [0.05, 0.1) is 18.0 Å². The van der Waals surface area contributed by atoms with Gasteiger partial charge in [-0.15, -0.1) is 11.3 Å². The van der Waals surface area contributed by atoms with Crippen molar-refractivity contribution in [3.05, 3.63) is 112 Å². The van der Waals surface area contributed by atoms with E-state index in [2.05, 4.69) is 53.7 Å². The molecule has 3 amide bonds. The molecule has 0 bridgehead atoms. The van der Waals surface area contributed by atoms with Gasteiger partial charge in [0.2, 0.25) is 5.91 Å². The van der Waals surface area contributed by atoms with Crippen molar-refractivity contribution in [3.8, 4) is 11.1 Å². The molecule has 1 aliphatic rings. The van der Waals surface area contributed by atoms with Gasteiger partial charge in [0.25, 0.3) is 5.91 Å². The number of methoxy groups -OCH3 is 1. The van der Waals surface area contributed by atoms with Crippen molar-refractivity contribution in [2.75, 3.05) is 20.8 Å². The molecule has 2 N–H and O–H groups in total. The van der Waals surface area contributed by atoms with E-state index < -0.39 is 12.1 Å². The Bertz CT molecular complexity index is 1870. The number of aryl methyl sites for hydroxylation is 1. The number of carbonyl (C=O) groups is 4. The van der Waals surface area contributed by atoms with Gasteiger partial charge >= 0.3 is 12.1 Å². The summed E-state index contributed by atoms with van der Waals surface area (Å²) in [6.45, 7) is 8.10. The zero-order valence-corrected chi connectivity index (χ0v) is 33.6. The van der Waals surface area contributed by atoms with Crippen LogP contribution in [0.5, 0.6) is 0 Å². The SMILES string of the molecule is CCC[C@H](NC(=O)OCC1c2ccccc2-c2ccccc21)C(=O)N(C)[C@H](CCc1nc(C(=O)N[C@@H](Cc2ccccc2)C[C@H](C)C(=O)OC)cs1)C(C)C. The van der Waals surface area contributed by atoms with Crippen LogP contribution in [0.4, 0.5) is 4.79 Å². The molecule has 5 rings (SSSR count). The highest BCUT2D eigenvalue weighted by molar-refractivity contribution is 7.09. The van der Waals surface area contributed by atoms with E-state index >= 15 is 0 Å². The molecular formula is C44H54N4O6S. The van der Waals surface area contributed by atoms with E-state index in [0.717, 1.165) is 32.8 Å². The van der Waals surface area contributed by atoms with Crippen LogP contribution in [0, 0.1) is 11.8 Å². The molecule has 1 aliphatic carbocycles. The Hall–Kier alpha value is -5.03. The second kappa shape index (κ2) is 19.5. The van der Waals surface area contributed by atoms with Gasteiger partial charge in [0.1, 0.15) is 18.3 Å². The quantitative estimate of drug-likeness (QED) is 0.0990.